The van der Waals surface area contributed by atoms with Gasteiger partial charge in [-0.2, -0.15) is 39.5 Å². The van der Waals surface area contributed by atoms with E-state index in [1.165, 1.54) is 18.4 Å². The first-order chi connectivity index (χ1) is 21.6. The second-order valence-corrected chi connectivity index (χ2v) is 10.2. The van der Waals surface area contributed by atoms with E-state index in [0.29, 0.717) is 0 Å². The molecule has 4 rings (SSSR count). The molecule has 2 aliphatic rings. The second-order valence-electron chi connectivity index (χ2n) is 10.2. The van der Waals surface area contributed by atoms with E-state index < -0.39 is 36.4 Å². The fourth-order valence-corrected chi connectivity index (χ4v) is 4.38. The van der Waals surface area contributed by atoms with Crippen LogP contribution in [0.25, 0.3) is 0 Å². The van der Waals surface area contributed by atoms with Crippen molar-refractivity contribution < 1.29 is 74.0 Å². The number of rotatable bonds is 4. The minimum absolute atomic E-state index is 0.228. The molecular formula is C27H31F9N4O7. The van der Waals surface area contributed by atoms with Crippen molar-refractivity contribution >= 4 is 17.9 Å². The fourth-order valence-electron chi connectivity index (χ4n) is 4.38. The molecule has 20 heteroatoms. The van der Waals surface area contributed by atoms with Gasteiger partial charge in [0.25, 0.3) is 0 Å². The molecule has 0 amide bonds. The van der Waals surface area contributed by atoms with Crippen molar-refractivity contribution in [2.45, 2.75) is 44.5 Å². The smallest absolute Gasteiger partial charge is 0.475 e. The van der Waals surface area contributed by atoms with Gasteiger partial charge in [-0.1, -0.05) is 12.1 Å². The summed E-state index contributed by atoms with van der Waals surface area (Å²) in [7, 11) is 0. The molecule has 0 bridgehead atoms. The zero-order chi connectivity index (χ0) is 35.9. The number of ether oxygens (including phenoxy) is 1. The number of aliphatic carboxylic acids is 3. The molecule has 0 saturated carbocycles. The van der Waals surface area contributed by atoms with Gasteiger partial charge in [-0.25, -0.2) is 14.4 Å². The van der Waals surface area contributed by atoms with Crippen molar-refractivity contribution in [3.63, 3.8) is 0 Å². The van der Waals surface area contributed by atoms with Crippen LogP contribution in [0.2, 0.25) is 0 Å². The summed E-state index contributed by atoms with van der Waals surface area (Å²) in [5, 5.41) is 21.4. The third-order valence-corrected chi connectivity index (χ3v) is 6.23. The third kappa shape index (κ3) is 16.9. The SMILES string of the molecule is O=C(O)C(F)(F)F.O=C(O)C(F)(F)F.O=C(O)C(F)(F)F.c1ccc(CN2CCOCC3(CCCN(Cc4cccnc4)C3)C2)nc1. The monoisotopic (exact) mass is 694 g/mol. The summed E-state index contributed by atoms with van der Waals surface area (Å²) in [6.07, 6.45) is -7.06. The molecule has 0 radical (unpaired) electrons. The van der Waals surface area contributed by atoms with E-state index in [2.05, 4.69) is 38.0 Å². The lowest BCUT2D eigenvalue weighted by Crippen LogP contribution is -2.50. The Morgan fingerprint density at radius 2 is 1.30 bits per heavy atom. The van der Waals surface area contributed by atoms with Crippen LogP contribution in [-0.2, 0) is 32.2 Å². The van der Waals surface area contributed by atoms with Crippen LogP contribution in [0.3, 0.4) is 0 Å². The molecule has 3 N–H and O–H groups in total. The van der Waals surface area contributed by atoms with Gasteiger partial charge in [-0.05, 0) is 43.1 Å². The summed E-state index contributed by atoms with van der Waals surface area (Å²) in [6.45, 7) is 7.92. The van der Waals surface area contributed by atoms with E-state index in [4.69, 9.17) is 34.4 Å². The number of nitrogens with zero attached hydrogens (tertiary/aromatic N) is 4. The Labute approximate surface area is 261 Å². The maximum Gasteiger partial charge on any atom is 0.490 e. The number of likely N-dealkylation sites (tertiary alicyclic amines) is 1. The number of carboxylic acids is 3. The molecule has 47 heavy (non-hydrogen) atoms. The van der Waals surface area contributed by atoms with Crippen molar-refractivity contribution in [2.24, 2.45) is 5.41 Å². The lowest BCUT2D eigenvalue weighted by molar-refractivity contribution is -0.193. The van der Waals surface area contributed by atoms with Crippen LogP contribution >= 0.6 is 0 Å². The molecule has 11 nitrogen and oxygen atoms in total. The molecule has 2 aromatic rings. The predicted molar refractivity (Wildman–Crippen MR) is 143 cm³/mol. The van der Waals surface area contributed by atoms with E-state index in [9.17, 15) is 39.5 Å². The van der Waals surface area contributed by atoms with Gasteiger partial charge >= 0.3 is 36.4 Å². The lowest BCUT2D eigenvalue weighted by Gasteiger charge is -2.43. The van der Waals surface area contributed by atoms with E-state index in [0.717, 1.165) is 58.2 Å². The Kier molecular flexibility index (Phi) is 16.0. The number of pyridine rings is 2. The van der Waals surface area contributed by atoms with Gasteiger partial charge in [-0.15, -0.1) is 0 Å². The minimum atomic E-state index is -5.08. The molecule has 0 aromatic carbocycles. The number of aromatic nitrogens is 2. The van der Waals surface area contributed by atoms with Crippen LogP contribution in [0.4, 0.5) is 39.5 Å². The van der Waals surface area contributed by atoms with Gasteiger partial charge in [0.05, 0.1) is 18.9 Å². The molecule has 1 spiro atoms. The van der Waals surface area contributed by atoms with E-state index in [1.807, 2.05) is 30.7 Å². The fraction of sp³-hybridized carbons (Fsp3) is 0.519. The number of carbonyl (C=O) groups is 3. The first-order valence-corrected chi connectivity index (χ1v) is 13.4. The van der Waals surface area contributed by atoms with Crippen molar-refractivity contribution in [3.8, 4) is 0 Å². The number of carboxylic acid groups (broad SMARTS) is 3. The standard InChI is InChI=1S/C21H28N4O.3C2HF3O2/c1-2-9-23-20(6-1)15-25-11-12-26-18-21(17-25)7-4-10-24(16-21)14-19-5-3-8-22-13-19;3*3-2(4,5)1(6)7/h1-3,5-6,8-9,13H,4,7,10-12,14-18H2;3*(H,6,7). The molecule has 2 aliphatic heterocycles. The molecule has 264 valence electrons. The zero-order valence-corrected chi connectivity index (χ0v) is 24.4. The first-order valence-electron chi connectivity index (χ1n) is 13.4. The maximum atomic E-state index is 10.6. The molecule has 2 saturated heterocycles. The largest absolute Gasteiger partial charge is 0.490 e. The highest BCUT2D eigenvalue weighted by molar-refractivity contribution is 5.73. The highest BCUT2D eigenvalue weighted by atomic mass is 19.4. The van der Waals surface area contributed by atoms with Crippen molar-refractivity contribution in [3.05, 3.63) is 60.2 Å². The summed E-state index contributed by atoms with van der Waals surface area (Å²) in [5.74, 6) is -8.27. The van der Waals surface area contributed by atoms with Crippen LogP contribution in [0.1, 0.15) is 24.1 Å². The Morgan fingerprint density at radius 1 is 0.766 bits per heavy atom. The number of hydrogen-bond acceptors (Lipinski definition) is 8. The van der Waals surface area contributed by atoms with Crippen LogP contribution in [0.5, 0.6) is 0 Å². The van der Waals surface area contributed by atoms with Crippen molar-refractivity contribution in [1.29, 1.82) is 0 Å². The van der Waals surface area contributed by atoms with Gasteiger partial charge < -0.3 is 20.1 Å². The average Bonchev–Trinajstić information content (AvgIpc) is 3.15. The van der Waals surface area contributed by atoms with Gasteiger partial charge in [0.1, 0.15) is 0 Å². The molecule has 2 aromatic heterocycles. The van der Waals surface area contributed by atoms with Gasteiger partial charge in [-0.3, -0.25) is 19.8 Å². The normalized spacial score (nSPS) is 19.0. The van der Waals surface area contributed by atoms with E-state index in [-0.39, 0.29) is 5.41 Å². The summed E-state index contributed by atoms with van der Waals surface area (Å²) < 4.78 is 101. The summed E-state index contributed by atoms with van der Waals surface area (Å²) in [4.78, 5) is 40.6. The molecular weight excluding hydrogens is 663 g/mol. The topological polar surface area (TPSA) is 153 Å². The first kappa shape index (κ1) is 41.0. The van der Waals surface area contributed by atoms with Gasteiger partial charge in [0, 0.05) is 56.7 Å². The highest BCUT2D eigenvalue weighted by Crippen LogP contribution is 2.34. The Balaban J connectivity index is 0.000000430. The van der Waals surface area contributed by atoms with Crippen molar-refractivity contribution in [2.75, 3.05) is 39.4 Å². The Hall–Kier alpha value is -4.04. The Bertz CT molecular complexity index is 1190. The quantitative estimate of drug-likeness (QED) is 0.388. The number of alkyl halides is 9. The van der Waals surface area contributed by atoms with Crippen LogP contribution in [0.15, 0.2) is 48.9 Å². The summed E-state index contributed by atoms with van der Waals surface area (Å²) in [6, 6.07) is 10.4. The number of hydrogen-bond donors (Lipinski definition) is 3. The average molecular weight is 695 g/mol. The number of piperidine rings is 1. The zero-order valence-electron chi connectivity index (χ0n) is 24.4. The molecule has 0 aliphatic carbocycles. The van der Waals surface area contributed by atoms with Gasteiger partial charge in [0.2, 0.25) is 0 Å². The summed E-state index contributed by atoms with van der Waals surface area (Å²) >= 11 is 0. The summed E-state index contributed by atoms with van der Waals surface area (Å²) in [5.41, 5.74) is 2.67. The number of halogens is 9. The maximum absolute atomic E-state index is 10.6. The second kappa shape index (κ2) is 18.3. The predicted octanol–water partition coefficient (Wildman–Crippen LogP) is 4.49. The molecule has 1 atom stereocenters. The van der Waals surface area contributed by atoms with E-state index >= 15 is 0 Å². The van der Waals surface area contributed by atoms with Crippen LogP contribution in [0, 0.1) is 5.41 Å². The Morgan fingerprint density at radius 3 is 1.74 bits per heavy atom. The minimum Gasteiger partial charge on any atom is -0.475 e. The molecule has 1 unspecified atom stereocenters. The van der Waals surface area contributed by atoms with E-state index in [1.54, 1.807) is 0 Å². The van der Waals surface area contributed by atoms with Crippen molar-refractivity contribution in [1.82, 2.24) is 19.8 Å². The molecule has 2 fully saturated rings. The lowest BCUT2D eigenvalue weighted by atomic mass is 9.80. The van der Waals surface area contributed by atoms with Crippen LogP contribution in [-0.4, -0.2) is 111 Å². The van der Waals surface area contributed by atoms with Gasteiger partial charge in [0.15, 0.2) is 0 Å². The third-order valence-electron chi connectivity index (χ3n) is 6.23. The van der Waals surface area contributed by atoms with Crippen LogP contribution < -0.4 is 0 Å². The highest BCUT2D eigenvalue weighted by Gasteiger charge is 2.40. The molecule has 4 heterocycles.